The lowest BCUT2D eigenvalue weighted by atomic mass is 10.1. The lowest BCUT2D eigenvalue weighted by Crippen LogP contribution is -2.23. The minimum atomic E-state index is -0.383. The van der Waals surface area contributed by atoms with E-state index in [-0.39, 0.29) is 17.8 Å². The van der Waals surface area contributed by atoms with E-state index in [9.17, 15) is 9.90 Å². The van der Waals surface area contributed by atoms with E-state index in [4.69, 9.17) is 4.42 Å². The van der Waals surface area contributed by atoms with E-state index in [0.29, 0.717) is 36.8 Å². The van der Waals surface area contributed by atoms with Gasteiger partial charge in [-0.15, -0.1) is 0 Å². The van der Waals surface area contributed by atoms with Crippen molar-refractivity contribution in [3.63, 3.8) is 0 Å². The molecule has 0 radical (unpaired) electrons. The predicted octanol–water partition coefficient (Wildman–Crippen LogP) is 3.06. The second-order valence-corrected chi connectivity index (χ2v) is 8.16. The van der Waals surface area contributed by atoms with Crippen LogP contribution in [-0.2, 0) is 7.05 Å². The zero-order chi connectivity index (χ0) is 22.4. The van der Waals surface area contributed by atoms with Crippen LogP contribution < -0.4 is 10.2 Å². The van der Waals surface area contributed by atoms with Crippen LogP contribution in [0.25, 0.3) is 22.4 Å². The first-order chi connectivity index (χ1) is 15.4. The summed E-state index contributed by atoms with van der Waals surface area (Å²) in [4.78, 5) is 23.9. The van der Waals surface area contributed by atoms with Gasteiger partial charge in [0.1, 0.15) is 0 Å². The lowest BCUT2D eigenvalue weighted by Gasteiger charge is -2.22. The van der Waals surface area contributed by atoms with Crippen LogP contribution in [0.1, 0.15) is 28.4 Å². The molecule has 1 aliphatic rings. The first-order valence-electron chi connectivity index (χ1n) is 10.5. The summed E-state index contributed by atoms with van der Waals surface area (Å²) in [6.45, 7) is 4.86. The van der Waals surface area contributed by atoms with Gasteiger partial charge in [0.15, 0.2) is 0 Å². The number of aromatic nitrogens is 4. The SMILES string of the molecule is Cc1cc(-c2nc(C)c(C(=O)Nc3cc4c(cnn4C)cc3N3CCC(O)C3)o2)ccn1. The van der Waals surface area contributed by atoms with Crippen molar-refractivity contribution in [1.29, 1.82) is 0 Å². The van der Waals surface area contributed by atoms with E-state index in [0.717, 1.165) is 27.8 Å². The molecule has 1 aromatic carbocycles. The third kappa shape index (κ3) is 3.60. The third-order valence-corrected chi connectivity index (χ3v) is 5.76. The number of rotatable bonds is 4. The van der Waals surface area contributed by atoms with Crippen LogP contribution in [0.3, 0.4) is 0 Å². The molecule has 1 unspecified atom stereocenters. The van der Waals surface area contributed by atoms with Crippen molar-refractivity contribution in [2.75, 3.05) is 23.3 Å². The summed E-state index contributed by atoms with van der Waals surface area (Å²) in [6, 6.07) is 7.56. The molecule has 1 fully saturated rings. The Balaban J connectivity index is 1.50. The van der Waals surface area contributed by atoms with Gasteiger partial charge in [0, 0.05) is 43.0 Å². The van der Waals surface area contributed by atoms with Crippen LogP contribution >= 0.6 is 0 Å². The smallest absolute Gasteiger partial charge is 0.293 e. The van der Waals surface area contributed by atoms with Crippen molar-refractivity contribution < 1.29 is 14.3 Å². The number of hydrogen-bond acceptors (Lipinski definition) is 7. The largest absolute Gasteiger partial charge is 0.431 e. The van der Waals surface area contributed by atoms with Crippen molar-refractivity contribution >= 4 is 28.2 Å². The summed E-state index contributed by atoms with van der Waals surface area (Å²) in [5.74, 6) is 0.157. The van der Waals surface area contributed by atoms with Gasteiger partial charge >= 0.3 is 0 Å². The monoisotopic (exact) mass is 432 g/mol. The molecule has 3 aromatic heterocycles. The van der Waals surface area contributed by atoms with Gasteiger partial charge < -0.3 is 19.7 Å². The van der Waals surface area contributed by atoms with Crippen molar-refractivity contribution in [3.05, 3.63) is 53.8 Å². The number of aliphatic hydroxyl groups is 1. The Hall–Kier alpha value is -3.72. The molecule has 1 amide bonds. The van der Waals surface area contributed by atoms with E-state index < -0.39 is 0 Å². The maximum atomic E-state index is 13.2. The van der Waals surface area contributed by atoms with Gasteiger partial charge in [-0.1, -0.05) is 0 Å². The van der Waals surface area contributed by atoms with Gasteiger partial charge in [0.2, 0.25) is 11.7 Å². The topological polar surface area (TPSA) is 109 Å². The fourth-order valence-electron chi connectivity index (χ4n) is 4.10. The number of nitrogens with zero attached hydrogens (tertiary/aromatic N) is 5. The summed E-state index contributed by atoms with van der Waals surface area (Å²) < 4.78 is 7.61. The molecule has 4 aromatic rings. The molecule has 1 saturated heterocycles. The minimum Gasteiger partial charge on any atom is -0.431 e. The Bertz CT molecular complexity index is 1320. The summed E-state index contributed by atoms with van der Waals surface area (Å²) in [5.41, 5.74) is 4.49. The molecule has 4 heterocycles. The molecule has 0 aliphatic carbocycles. The van der Waals surface area contributed by atoms with Crippen LogP contribution in [0.5, 0.6) is 0 Å². The Morgan fingerprint density at radius 1 is 1.28 bits per heavy atom. The molecule has 32 heavy (non-hydrogen) atoms. The molecule has 0 saturated carbocycles. The van der Waals surface area contributed by atoms with Gasteiger partial charge in [-0.3, -0.25) is 14.5 Å². The third-order valence-electron chi connectivity index (χ3n) is 5.76. The molecule has 0 spiro atoms. The highest BCUT2D eigenvalue weighted by Gasteiger charge is 2.25. The zero-order valence-electron chi connectivity index (χ0n) is 18.2. The number of nitrogens with one attached hydrogen (secondary N) is 1. The van der Waals surface area contributed by atoms with Crippen LogP contribution in [-0.4, -0.2) is 50.0 Å². The fraction of sp³-hybridized carbons (Fsp3) is 0.304. The highest BCUT2D eigenvalue weighted by Crippen LogP contribution is 2.34. The van der Waals surface area contributed by atoms with E-state index in [1.54, 1.807) is 30.1 Å². The lowest BCUT2D eigenvalue weighted by molar-refractivity contribution is 0.0996. The van der Waals surface area contributed by atoms with Gasteiger partial charge in [-0.05, 0) is 44.5 Å². The molecule has 9 nitrogen and oxygen atoms in total. The Morgan fingerprint density at radius 3 is 2.88 bits per heavy atom. The first-order valence-corrected chi connectivity index (χ1v) is 10.5. The van der Waals surface area contributed by atoms with Gasteiger partial charge in [-0.2, -0.15) is 5.10 Å². The van der Waals surface area contributed by atoms with Crippen LogP contribution in [0.15, 0.2) is 41.1 Å². The molecule has 9 heteroatoms. The summed E-state index contributed by atoms with van der Waals surface area (Å²) in [7, 11) is 1.86. The number of anilines is 2. The molecule has 0 bridgehead atoms. The number of pyridine rings is 1. The average Bonchev–Trinajstić information content (AvgIpc) is 3.46. The van der Waals surface area contributed by atoms with Crippen molar-refractivity contribution in [1.82, 2.24) is 19.7 Å². The fourth-order valence-corrected chi connectivity index (χ4v) is 4.10. The van der Waals surface area contributed by atoms with E-state index in [2.05, 4.69) is 25.3 Å². The Morgan fingerprint density at radius 2 is 2.12 bits per heavy atom. The maximum absolute atomic E-state index is 13.2. The van der Waals surface area contributed by atoms with Gasteiger partial charge in [-0.25, -0.2) is 4.98 Å². The van der Waals surface area contributed by atoms with E-state index in [1.807, 2.05) is 32.2 Å². The maximum Gasteiger partial charge on any atom is 0.293 e. The number of hydrogen-bond donors (Lipinski definition) is 2. The molecule has 2 N–H and O–H groups in total. The number of benzene rings is 1. The summed E-state index contributed by atoms with van der Waals surface area (Å²) in [5, 5.41) is 18.3. The highest BCUT2D eigenvalue weighted by molar-refractivity contribution is 6.06. The molecule has 1 aliphatic heterocycles. The zero-order valence-corrected chi connectivity index (χ0v) is 18.2. The summed E-state index contributed by atoms with van der Waals surface area (Å²) in [6.07, 6.45) is 3.78. The number of aryl methyl sites for hydroxylation is 3. The van der Waals surface area contributed by atoms with Crippen LogP contribution in [0.2, 0.25) is 0 Å². The minimum absolute atomic E-state index is 0.159. The first kappa shape index (κ1) is 20.2. The van der Waals surface area contributed by atoms with E-state index >= 15 is 0 Å². The molecular weight excluding hydrogens is 408 g/mol. The number of carbonyl (C=O) groups is 1. The van der Waals surface area contributed by atoms with Crippen LogP contribution in [0, 0.1) is 13.8 Å². The van der Waals surface area contributed by atoms with Gasteiger partial charge in [0.25, 0.3) is 5.91 Å². The normalized spacial score (nSPS) is 16.1. The van der Waals surface area contributed by atoms with E-state index in [1.165, 1.54) is 0 Å². The molecule has 164 valence electrons. The number of carbonyl (C=O) groups excluding carboxylic acids is 1. The van der Waals surface area contributed by atoms with Crippen molar-refractivity contribution in [2.24, 2.45) is 7.05 Å². The standard InChI is InChI=1S/C23H24N6O3/c1-13-8-15(4-6-24-13)23-26-14(2)21(32-23)22(31)27-18-10-19-16(11-25-28(19)3)9-20(18)29-7-5-17(30)12-29/h4,6,8-11,17,30H,5,7,12H2,1-3H3,(H,27,31). The van der Waals surface area contributed by atoms with Crippen LogP contribution in [0.4, 0.5) is 11.4 Å². The highest BCUT2D eigenvalue weighted by atomic mass is 16.4. The Kier molecular flexibility index (Phi) is 4.90. The molecular formula is C23H24N6O3. The molecule has 1 atom stereocenters. The number of aliphatic hydroxyl groups excluding tert-OH is 1. The number of fused-ring (bicyclic) bond motifs is 1. The van der Waals surface area contributed by atoms with Crippen molar-refractivity contribution in [2.45, 2.75) is 26.4 Å². The second kappa shape index (κ2) is 7.76. The van der Waals surface area contributed by atoms with Gasteiger partial charge in [0.05, 0.1) is 34.9 Å². The predicted molar refractivity (Wildman–Crippen MR) is 121 cm³/mol. The number of amides is 1. The quantitative estimate of drug-likeness (QED) is 0.510. The number of oxazole rings is 1. The average molecular weight is 432 g/mol. The summed E-state index contributed by atoms with van der Waals surface area (Å²) >= 11 is 0. The number of β-amino-alcohol motifs (C(OH)–C–C–N with tert-alkyl or cyclic N) is 1. The second-order valence-electron chi connectivity index (χ2n) is 8.16. The Labute approximate surface area is 184 Å². The molecule has 5 rings (SSSR count). The van der Waals surface area contributed by atoms with Crippen molar-refractivity contribution in [3.8, 4) is 11.5 Å².